The van der Waals surface area contributed by atoms with E-state index in [4.69, 9.17) is 0 Å². The molecule has 21 heavy (non-hydrogen) atoms. The van der Waals surface area contributed by atoms with Crippen LogP contribution in [0.5, 0.6) is 0 Å². The lowest BCUT2D eigenvalue weighted by Crippen LogP contribution is -2.17. The number of hydrogen-bond donors (Lipinski definition) is 2. The summed E-state index contributed by atoms with van der Waals surface area (Å²) >= 11 is 0. The van der Waals surface area contributed by atoms with E-state index in [1.165, 1.54) is 5.56 Å². The summed E-state index contributed by atoms with van der Waals surface area (Å²) in [6.07, 6.45) is 0. The Labute approximate surface area is 126 Å². The Morgan fingerprint density at radius 3 is 2.24 bits per heavy atom. The van der Waals surface area contributed by atoms with Crippen LogP contribution in [-0.4, -0.2) is 5.91 Å². The number of anilines is 2. The third kappa shape index (κ3) is 4.35. The Bertz CT molecular complexity index is 593. The zero-order valence-electron chi connectivity index (χ0n) is 12.8. The van der Waals surface area contributed by atoms with Crippen molar-refractivity contribution < 1.29 is 4.79 Å². The smallest absolute Gasteiger partial charge is 0.226 e. The fourth-order valence-corrected chi connectivity index (χ4v) is 2.05. The van der Waals surface area contributed by atoms with Crippen LogP contribution in [-0.2, 0) is 4.79 Å². The lowest BCUT2D eigenvalue weighted by atomic mass is 10.1. The second kappa shape index (κ2) is 6.93. The second-order valence-electron chi connectivity index (χ2n) is 5.50. The molecule has 0 aliphatic rings. The standard InChI is InChI=1S/C18H22N2O/c1-13(2)18(21)20-17-11-7-10-16(12-17)19-14(3)15-8-5-4-6-9-15/h4-14,19H,1-3H3,(H,20,21). The molecule has 2 aromatic carbocycles. The van der Waals surface area contributed by atoms with Crippen molar-refractivity contribution in [1.82, 2.24) is 0 Å². The van der Waals surface area contributed by atoms with Crippen molar-refractivity contribution in [2.75, 3.05) is 10.6 Å². The van der Waals surface area contributed by atoms with Crippen LogP contribution in [0.4, 0.5) is 11.4 Å². The minimum absolute atomic E-state index is 0.0233. The first kappa shape index (κ1) is 15.1. The van der Waals surface area contributed by atoms with Crippen LogP contribution >= 0.6 is 0 Å². The van der Waals surface area contributed by atoms with Gasteiger partial charge in [0.15, 0.2) is 0 Å². The summed E-state index contributed by atoms with van der Waals surface area (Å²) in [5.74, 6) is 0.00751. The molecule has 0 fully saturated rings. The second-order valence-corrected chi connectivity index (χ2v) is 5.50. The van der Waals surface area contributed by atoms with Gasteiger partial charge < -0.3 is 10.6 Å². The first-order chi connectivity index (χ1) is 10.1. The maximum absolute atomic E-state index is 11.7. The molecule has 0 spiro atoms. The van der Waals surface area contributed by atoms with Crippen molar-refractivity contribution >= 4 is 17.3 Å². The Kier molecular flexibility index (Phi) is 4.99. The molecule has 1 unspecified atom stereocenters. The Morgan fingerprint density at radius 1 is 0.905 bits per heavy atom. The normalized spacial score (nSPS) is 12.0. The summed E-state index contributed by atoms with van der Waals surface area (Å²) in [6.45, 7) is 5.89. The zero-order chi connectivity index (χ0) is 15.2. The van der Waals surface area contributed by atoms with Gasteiger partial charge in [0.05, 0.1) is 0 Å². The highest BCUT2D eigenvalue weighted by Gasteiger charge is 2.08. The molecule has 3 heteroatoms. The molecular formula is C18H22N2O. The van der Waals surface area contributed by atoms with Crippen molar-refractivity contribution in [3.05, 3.63) is 60.2 Å². The van der Waals surface area contributed by atoms with E-state index < -0.39 is 0 Å². The van der Waals surface area contributed by atoms with Gasteiger partial charge in [-0.1, -0.05) is 50.2 Å². The summed E-state index contributed by atoms with van der Waals surface area (Å²) < 4.78 is 0. The van der Waals surface area contributed by atoms with E-state index in [9.17, 15) is 4.79 Å². The lowest BCUT2D eigenvalue weighted by molar-refractivity contribution is -0.118. The van der Waals surface area contributed by atoms with E-state index in [0.717, 1.165) is 11.4 Å². The van der Waals surface area contributed by atoms with E-state index in [-0.39, 0.29) is 17.9 Å². The van der Waals surface area contributed by atoms with Gasteiger partial charge in [-0.25, -0.2) is 0 Å². The maximum atomic E-state index is 11.7. The zero-order valence-corrected chi connectivity index (χ0v) is 12.8. The van der Waals surface area contributed by atoms with Gasteiger partial charge in [0, 0.05) is 23.3 Å². The molecule has 0 heterocycles. The van der Waals surface area contributed by atoms with E-state index in [1.807, 2.05) is 56.3 Å². The van der Waals surface area contributed by atoms with Crippen LogP contribution in [0.3, 0.4) is 0 Å². The Hall–Kier alpha value is -2.29. The molecule has 0 radical (unpaired) electrons. The number of carbonyl (C=O) groups excluding carboxylic acids is 1. The fourth-order valence-electron chi connectivity index (χ4n) is 2.05. The molecule has 0 saturated carbocycles. The van der Waals surface area contributed by atoms with Crippen LogP contribution < -0.4 is 10.6 Å². The van der Waals surface area contributed by atoms with Gasteiger partial charge in [-0.2, -0.15) is 0 Å². The number of amides is 1. The average molecular weight is 282 g/mol. The minimum Gasteiger partial charge on any atom is -0.378 e. The molecule has 2 aromatic rings. The topological polar surface area (TPSA) is 41.1 Å². The number of benzene rings is 2. The van der Waals surface area contributed by atoms with Gasteiger partial charge in [0.25, 0.3) is 0 Å². The summed E-state index contributed by atoms with van der Waals surface area (Å²) in [7, 11) is 0. The predicted octanol–water partition coefficient (Wildman–Crippen LogP) is 4.45. The molecule has 3 nitrogen and oxygen atoms in total. The largest absolute Gasteiger partial charge is 0.378 e. The number of carbonyl (C=O) groups is 1. The lowest BCUT2D eigenvalue weighted by Gasteiger charge is -2.16. The van der Waals surface area contributed by atoms with Crippen LogP contribution in [0, 0.1) is 5.92 Å². The number of nitrogens with one attached hydrogen (secondary N) is 2. The molecule has 0 aliphatic heterocycles. The summed E-state index contributed by atoms with van der Waals surface area (Å²) in [5, 5.41) is 6.37. The van der Waals surface area contributed by atoms with Crippen molar-refractivity contribution in [1.29, 1.82) is 0 Å². The van der Waals surface area contributed by atoms with Gasteiger partial charge in [0.2, 0.25) is 5.91 Å². The molecule has 1 atom stereocenters. The van der Waals surface area contributed by atoms with Crippen molar-refractivity contribution in [2.45, 2.75) is 26.8 Å². The monoisotopic (exact) mass is 282 g/mol. The quantitative estimate of drug-likeness (QED) is 0.850. The first-order valence-corrected chi connectivity index (χ1v) is 7.28. The van der Waals surface area contributed by atoms with Crippen molar-refractivity contribution in [2.24, 2.45) is 5.92 Å². The van der Waals surface area contributed by atoms with Gasteiger partial charge in [0.1, 0.15) is 0 Å². The molecule has 0 saturated heterocycles. The highest BCUT2D eigenvalue weighted by Crippen LogP contribution is 2.21. The van der Waals surface area contributed by atoms with E-state index in [2.05, 4.69) is 29.7 Å². The molecule has 110 valence electrons. The number of hydrogen-bond acceptors (Lipinski definition) is 2. The van der Waals surface area contributed by atoms with Gasteiger partial charge >= 0.3 is 0 Å². The highest BCUT2D eigenvalue weighted by molar-refractivity contribution is 5.92. The third-order valence-electron chi connectivity index (χ3n) is 3.34. The summed E-state index contributed by atoms with van der Waals surface area (Å²) in [4.78, 5) is 11.7. The van der Waals surface area contributed by atoms with E-state index in [1.54, 1.807) is 0 Å². The maximum Gasteiger partial charge on any atom is 0.226 e. The van der Waals surface area contributed by atoms with Crippen molar-refractivity contribution in [3.8, 4) is 0 Å². The molecule has 0 aliphatic carbocycles. The molecule has 2 N–H and O–H groups in total. The van der Waals surface area contributed by atoms with Crippen LogP contribution in [0.2, 0.25) is 0 Å². The molecule has 0 bridgehead atoms. The van der Waals surface area contributed by atoms with Crippen LogP contribution in [0.15, 0.2) is 54.6 Å². The number of rotatable bonds is 5. The molecular weight excluding hydrogens is 260 g/mol. The fraction of sp³-hybridized carbons (Fsp3) is 0.278. The Morgan fingerprint density at radius 2 is 1.57 bits per heavy atom. The molecule has 0 aromatic heterocycles. The summed E-state index contributed by atoms with van der Waals surface area (Å²) in [5.41, 5.74) is 3.04. The molecule has 2 rings (SSSR count). The van der Waals surface area contributed by atoms with Crippen LogP contribution in [0.25, 0.3) is 0 Å². The first-order valence-electron chi connectivity index (χ1n) is 7.28. The summed E-state index contributed by atoms with van der Waals surface area (Å²) in [6, 6.07) is 18.3. The highest BCUT2D eigenvalue weighted by atomic mass is 16.1. The van der Waals surface area contributed by atoms with Crippen LogP contribution in [0.1, 0.15) is 32.4 Å². The van der Waals surface area contributed by atoms with Gasteiger partial charge in [-0.15, -0.1) is 0 Å². The van der Waals surface area contributed by atoms with Gasteiger partial charge in [-0.05, 0) is 30.7 Å². The third-order valence-corrected chi connectivity index (χ3v) is 3.34. The van der Waals surface area contributed by atoms with Crippen molar-refractivity contribution in [3.63, 3.8) is 0 Å². The molecule has 1 amide bonds. The van der Waals surface area contributed by atoms with E-state index >= 15 is 0 Å². The van der Waals surface area contributed by atoms with Gasteiger partial charge in [-0.3, -0.25) is 4.79 Å². The predicted molar refractivity (Wildman–Crippen MR) is 88.4 cm³/mol. The SMILES string of the molecule is CC(C)C(=O)Nc1cccc(NC(C)c2ccccc2)c1. The van der Waals surface area contributed by atoms with E-state index in [0.29, 0.717) is 0 Å². The average Bonchev–Trinajstić information content (AvgIpc) is 2.48. The Balaban J connectivity index is 2.06. The minimum atomic E-state index is -0.0233.